The second-order valence-corrected chi connectivity index (χ2v) is 7.09. The molecule has 1 rings (SSSR count). The van der Waals surface area contributed by atoms with Crippen LogP contribution in [0.3, 0.4) is 0 Å². The fraction of sp³-hybridized carbons (Fsp3) is 0.571. The molecule has 0 saturated carbocycles. The number of nitrogens with zero attached hydrogens (tertiary/aromatic N) is 1. The predicted octanol–water partition coefficient (Wildman–Crippen LogP) is 2.58. The van der Waals surface area contributed by atoms with Gasteiger partial charge in [0, 0.05) is 30.0 Å². The van der Waals surface area contributed by atoms with Crippen LogP contribution in [0.4, 0.5) is 11.4 Å². The minimum atomic E-state index is -3.55. The Hall–Kier alpha value is -1.27. The number of nitrogens with one attached hydrogen (secondary N) is 2. The van der Waals surface area contributed by atoms with Crippen molar-refractivity contribution in [2.45, 2.75) is 40.2 Å². The van der Waals surface area contributed by atoms with Crippen LogP contribution < -0.4 is 14.3 Å². The van der Waals surface area contributed by atoms with Crippen molar-refractivity contribution >= 4 is 21.6 Å². The van der Waals surface area contributed by atoms with Crippen molar-refractivity contribution in [3.05, 3.63) is 24.3 Å². The largest absolute Gasteiger partial charge is 0.372 e. The number of hydrogen-bond acceptors (Lipinski definition) is 3. The maximum Gasteiger partial charge on any atom is 0.299 e. The number of benzene rings is 1. The summed E-state index contributed by atoms with van der Waals surface area (Å²) >= 11 is 0. The Morgan fingerprint density at radius 2 is 1.55 bits per heavy atom. The lowest BCUT2D eigenvalue weighted by Crippen LogP contribution is -2.43. The Kier molecular flexibility index (Phi) is 5.42. The summed E-state index contributed by atoms with van der Waals surface area (Å²) in [5.74, 6) is 0. The van der Waals surface area contributed by atoms with E-state index in [1.54, 1.807) is 32.9 Å². The van der Waals surface area contributed by atoms with E-state index >= 15 is 0 Å². The molecule has 20 heavy (non-hydrogen) atoms. The van der Waals surface area contributed by atoms with Gasteiger partial charge in [-0.15, -0.1) is 0 Å². The number of rotatable bonds is 6. The average Bonchev–Trinajstić information content (AvgIpc) is 2.29. The molecule has 0 bridgehead atoms. The van der Waals surface area contributed by atoms with Gasteiger partial charge in [-0.3, -0.25) is 4.72 Å². The van der Waals surface area contributed by atoms with E-state index in [0.717, 1.165) is 18.8 Å². The van der Waals surface area contributed by atoms with Crippen molar-refractivity contribution in [3.8, 4) is 0 Å². The van der Waals surface area contributed by atoms with Crippen molar-refractivity contribution < 1.29 is 8.42 Å². The van der Waals surface area contributed by atoms with E-state index in [0.29, 0.717) is 5.69 Å². The second kappa shape index (κ2) is 6.45. The zero-order valence-corrected chi connectivity index (χ0v) is 13.7. The predicted molar refractivity (Wildman–Crippen MR) is 85.4 cm³/mol. The third-order valence-corrected chi connectivity index (χ3v) is 4.07. The summed E-state index contributed by atoms with van der Waals surface area (Å²) < 4.78 is 28.9. The SMILES string of the molecule is CCN(CC)c1ccc(NS(=O)(=O)NC(C)(C)C)cc1. The molecule has 0 aliphatic rings. The van der Waals surface area contributed by atoms with Gasteiger partial charge in [0.25, 0.3) is 10.2 Å². The summed E-state index contributed by atoms with van der Waals surface area (Å²) in [5, 5.41) is 0. The molecule has 0 aromatic heterocycles. The Morgan fingerprint density at radius 1 is 1.05 bits per heavy atom. The minimum Gasteiger partial charge on any atom is -0.372 e. The van der Waals surface area contributed by atoms with E-state index in [1.807, 2.05) is 12.1 Å². The standard InChI is InChI=1S/C14H25N3O2S/c1-6-17(7-2)13-10-8-12(9-11-13)15-20(18,19)16-14(3,4)5/h8-11,15-16H,6-7H2,1-5H3. The van der Waals surface area contributed by atoms with Crippen LogP contribution in [-0.4, -0.2) is 27.0 Å². The van der Waals surface area contributed by atoms with E-state index in [4.69, 9.17) is 0 Å². The zero-order valence-electron chi connectivity index (χ0n) is 12.9. The highest BCUT2D eigenvalue weighted by atomic mass is 32.2. The molecule has 0 unspecified atom stereocenters. The normalized spacial score (nSPS) is 12.2. The topological polar surface area (TPSA) is 61.4 Å². The van der Waals surface area contributed by atoms with E-state index in [2.05, 4.69) is 28.2 Å². The molecule has 0 aliphatic heterocycles. The lowest BCUT2D eigenvalue weighted by molar-refractivity contribution is 0.494. The molecule has 0 saturated heterocycles. The summed E-state index contributed by atoms with van der Waals surface area (Å²) in [5.41, 5.74) is 1.13. The van der Waals surface area contributed by atoms with Crippen LogP contribution in [0.25, 0.3) is 0 Å². The van der Waals surface area contributed by atoms with Gasteiger partial charge in [0.05, 0.1) is 0 Å². The molecule has 1 aromatic rings. The average molecular weight is 299 g/mol. The highest BCUT2D eigenvalue weighted by Crippen LogP contribution is 2.18. The van der Waals surface area contributed by atoms with Gasteiger partial charge in [-0.2, -0.15) is 13.1 Å². The summed E-state index contributed by atoms with van der Waals surface area (Å²) in [7, 11) is -3.55. The van der Waals surface area contributed by atoms with E-state index in [-0.39, 0.29) is 0 Å². The Bertz CT molecular complexity index is 514. The Morgan fingerprint density at radius 3 is 1.95 bits per heavy atom. The summed E-state index contributed by atoms with van der Waals surface area (Å²) in [6, 6.07) is 7.38. The van der Waals surface area contributed by atoms with Crippen LogP contribution in [-0.2, 0) is 10.2 Å². The first-order chi connectivity index (χ1) is 9.17. The van der Waals surface area contributed by atoms with Crippen LogP contribution in [0.5, 0.6) is 0 Å². The van der Waals surface area contributed by atoms with Crippen LogP contribution in [0.2, 0.25) is 0 Å². The summed E-state index contributed by atoms with van der Waals surface area (Å²) in [6.45, 7) is 11.4. The third kappa shape index (κ3) is 5.38. The molecule has 5 nitrogen and oxygen atoms in total. The smallest absolute Gasteiger partial charge is 0.299 e. The molecule has 0 heterocycles. The highest BCUT2D eigenvalue weighted by Gasteiger charge is 2.19. The van der Waals surface area contributed by atoms with Gasteiger partial charge in [-0.1, -0.05) is 0 Å². The molecule has 0 spiro atoms. The van der Waals surface area contributed by atoms with Crippen LogP contribution >= 0.6 is 0 Å². The first kappa shape index (κ1) is 16.8. The first-order valence-corrected chi connectivity index (χ1v) is 8.32. The number of hydrogen-bond donors (Lipinski definition) is 2. The van der Waals surface area contributed by atoms with Crippen LogP contribution in [0.1, 0.15) is 34.6 Å². The van der Waals surface area contributed by atoms with Crippen molar-refractivity contribution in [1.82, 2.24) is 4.72 Å². The van der Waals surface area contributed by atoms with Crippen LogP contribution in [0.15, 0.2) is 24.3 Å². The van der Waals surface area contributed by atoms with Gasteiger partial charge in [-0.05, 0) is 58.9 Å². The van der Waals surface area contributed by atoms with E-state index in [1.165, 1.54) is 0 Å². The van der Waals surface area contributed by atoms with Gasteiger partial charge in [-0.25, -0.2) is 0 Å². The van der Waals surface area contributed by atoms with Gasteiger partial charge < -0.3 is 4.90 Å². The number of anilines is 2. The fourth-order valence-corrected chi connectivity index (χ4v) is 3.22. The lowest BCUT2D eigenvalue weighted by Gasteiger charge is -2.22. The molecule has 1 aromatic carbocycles. The Balaban J connectivity index is 2.80. The molecule has 0 fully saturated rings. The molecule has 0 radical (unpaired) electrons. The molecular formula is C14H25N3O2S. The monoisotopic (exact) mass is 299 g/mol. The van der Waals surface area contributed by atoms with Crippen molar-refractivity contribution in [3.63, 3.8) is 0 Å². The van der Waals surface area contributed by atoms with Gasteiger partial charge in [0.1, 0.15) is 0 Å². The van der Waals surface area contributed by atoms with E-state index in [9.17, 15) is 8.42 Å². The fourth-order valence-electron chi connectivity index (χ4n) is 1.91. The molecular weight excluding hydrogens is 274 g/mol. The van der Waals surface area contributed by atoms with Crippen molar-refractivity contribution in [2.75, 3.05) is 22.7 Å². The quantitative estimate of drug-likeness (QED) is 0.848. The minimum absolute atomic E-state index is 0.507. The second-order valence-electron chi connectivity index (χ2n) is 5.68. The summed E-state index contributed by atoms with van der Waals surface area (Å²) in [4.78, 5) is 2.20. The molecule has 2 N–H and O–H groups in total. The molecule has 114 valence electrons. The summed E-state index contributed by atoms with van der Waals surface area (Å²) in [6.07, 6.45) is 0. The highest BCUT2D eigenvalue weighted by molar-refractivity contribution is 7.90. The Labute approximate surface area is 122 Å². The molecule has 0 amide bonds. The molecule has 0 atom stereocenters. The maximum absolute atomic E-state index is 11.9. The first-order valence-electron chi connectivity index (χ1n) is 6.83. The van der Waals surface area contributed by atoms with Crippen molar-refractivity contribution in [1.29, 1.82) is 0 Å². The van der Waals surface area contributed by atoms with Gasteiger partial charge in [0.15, 0.2) is 0 Å². The van der Waals surface area contributed by atoms with Gasteiger partial charge in [0.2, 0.25) is 0 Å². The zero-order chi connectivity index (χ0) is 15.4. The third-order valence-electron chi connectivity index (χ3n) is 2.69. The van der Waals surface area contributed by atoms with E-state index < -0.39 is 15.7 Å². The molecule has 0 aliphatic carbocycles. The lowest BCUT2D eigenvalue weighted by atomic mass is 10.1. The molecule has 6 heteroatoms. The van der Waals surface area contributed by atoms with Crippen LogP contribution in [0, 0.1) is 0 Å². The van der Waals surface area contributed by atoms with Crippen molar-refractivity contribution in [2.24, 2.45) is 0 Å². The maximum atomic E-state index is 11.9. The van der Waals surface area contributed by atoms with Gasteiger partial charge >= 0.3 is 0 Å².